The van der Waals surface area contributed by atoms with E-state index in [4.69, 9.17) is 19.7 Å². The fourth-order valence-corrected chi connectivity index (χ4v) is 2.15. The Hall–Kier alpha value is -0.160. The summed E-state index contributed by atoms with van der Waals surface area (Å²) in [6.45, 7) is 4.14. The standard InChI is InChI=1S/C7H14O2.C6H12O2/c8-4-1-7-2-5-9-6-3-7;7-5-6-1-3-8-4-2-6/h7-8H,1-6H2;6-7H,1-5H2. The normalized spacial score (nSPS) is 22.9. The minimum atomic E-state index is 0.337. The molecule has 2 fully saturated rings. The van der Waals surface area contributed by atoms with Crippen LogP contribution in [0.2, 0.25) is 0 Å². The van der Waals surface area contributed by atoms with Crippen molar-refractivity contribution < 1.29 is 19.7 Å². The number of rotatable bonds is 3. The van der Waals surface area contributed by atoms with Crippen molar-refractivity contribution in [3.8, 4) is 0 Å². The summed E-state index contributed by atoms with van der Waals surface area (Å²) in [7, 11) is 0. The molecular weight excluding hydrogens is 220 g/mol. The second-order valence-electron chi connectivity index (χ2n) is 4.81. The Kier molecular flexibility index (Phi) is 8.61. The van der Waals surface area contributed by atoms with Gasteiger partial charge in [0.15, 0.2) is 0 Å². The maximum atomic E-state index is 8.64. The Labute approximate surface area is 104 Å². The molecule has 0 atom stereocenters. The van der Waals surface area contributed by atoms with Gasteiger partial charge in [0.05, 0.1) is 0 Å². The first kappa shape index (κ1) is 14.9. The molecule has 0 saturated carbocycles. The lowest BCUT2D eigenvalue weighted by Gasteiger charge is -2.20. The lowest BCUT2D eigenvalue weighted by Crippen LogP contribution is -2.18. The Bertz CT molecular complexity index is 160. The molecule has 0 bridgehead atoms. The van der Waals surface area contributed by atoms with E-state index in [1.807, 2.05) is 0 Å². The predicted molar refractivity (Wildman–Crippen MR) is 65.9 cm³/mol. The highest BCUT2D eigenvalue weighted by Gasteiger charge is 2.12. The largest absolute Gasteiger partial charge is 0.396 e. The summed E-state index contributed by atoms with van der Waals surface area (Å²) in [6, 6.07) is 0. The fraction of sp³-hybridized carbons (Fsp3) is 1.00. The maximum Gasteiger partial charge on any atom is 0.0469 e. The third kappa shape index (κ3) is 6.99. The minimum Gasteiger partial charge on any atom is -0.396 e. The molecule has 0 radical (unpaired) electrons. The summed E-state index contributed by atoms with van der Waals surface area (Å²) in [6.07, 6.45) is 5.32. The van der Waals surface area contributed by atoms with Crippen molar-refractivity contribution in [1.29, 1.82) is 0 Å². The van der Waals surface area contributed by atoms with Crippen LogP contribution in [0.25, 0.3) is 0 Å². The molecule has 0 aromatic carbocycles. The first-order valence-electron chi connectivity index (χ1n) is 6.74. The monoisotopic (exact) mass is 246 g/mol. The van der Waals surface area contributed by atoms with E-state index in [0.29, 0.717) is 19.1 Å². The maximum absolute atomic E-state index is 8.64. The van der Waals surface area contributed by atoms with Crippen LogP contribution in [0.3, 0.4) is 0 Å². The summed E-state index contributed by atoms with van der Waals surface area (Å²) in [4.78, 5) is 0. The zero-order chi connectivity index (χ0) is 12.3. The van der Waals surface area contributed by atoms with E-state index >= 15 is 0 Å². The molecule has 2 N–H and O–H groups in total. The molecule has 0 aromatic rings. The number of hydrogen-bond donors (Lipinski definition) is 2. The molecule has 4 heteroatoms. The summed E-state index contributed by atoms with van der Waals surface area (Å²) >= 11 is 0. The van der Waals surface area contributed by atoms with Crippen molar-refractivity contribution in [1.82, 2.24) is 0 Å². The van der Waals surface area contributed by atoms with Crippen LogP contribution < -0.4 is 0 Å². The van der Waals surface area contributed by atoms with Crippen LogP contribution in [-0.2, 0) is 9.47 Å². The summed E-state index contributed by atoms with van der Waals surface area (Å²) in [5.74, 6) is 1.24. The topological polar surface area (TPSA) is 58.9 Å². The summed E-state index contributed by atoms with van der Waals surface area (Å²) in [5, 5.41) is 17.2. The number of ether oxygens (including phenoxy) is 2. The second-order valence-corrected chi connectivity index (χ2v) is 4.81. The van der Waals surface area contributed by atoms with E-state index < -0.39 is 0 Å². The molecule has 2 heterocycles. The molecule has 2 rings (SSSR count). The Morgan fingerprint density at radius 2 is 1.24 bits per heavy atom. The van der Waals surface area contributed by atoms with Gasteiger partial charge in [0.2, 0.25) is 0 Å². The van der Waals surface area contributed by atoms with Crippen molar-refractivity contribution in [2.24, 2.45) is 11.8 Å². The molecule has 0 unspecified atom stereocenters. The fourth-order valence-electron chi connectivity index (χ4n) is 2.15. The lowest BCUT2D eigenvalue weighted by molar-refractivity contribution is 0.0455. The highest BCUT2D eigenvalue weighted by Crippen LogP contribution is 2.17. The van der Waals surface area contributed by atoms with Gasteiger partial charge in [-0.1, -0.05) is 0 Å². The number of hydrogen-bond acceptors (Lipinski definition) is 4. The van der Waals surface area contributed by atoms with Crippen molar-refractivity contribution in [3.05, 3.63) is 0 Å². The molecule has 2 aliphatic rings. The van der Waals surface area contributed by atoms with Crippen LogP contribution in [-0.4, -0.2) is 49.9 Å². The molecule has 0 aromatic heterocycles. The first-order valence-corrected chi connectivity index (χ1v) is 6.74. The summed E-state index contributed by atoms with van der Waals surface area (Å²) < 4.78 is 10.3. The van der Waals surface area contributed by atoms with E-state index in [9.17, 15) is 0 Å². The molecule has 2 aliphatic heterocycles. The van der Waals surface area contributed by atoms with E-state index in [2.05, 4.69) is 0 Å². The van der Waals surface area contributed by atoms with Gasteiger partial charge < -0.3 is 19.7 Å². The van der Waals surface area contributed by atoms with E-state index in [1.165, 1.54) is 0 Å². The quantitative estimate of drug-likeness (QED) is 0.785. The van der Waals surface area contributed by atoms with Crippen LogP contribution in [0, 0.1) is 11.8 Å². The third-order valence-electron chi connectivity index (χ3n) is 3.48. The van der Waals surface area contributed by atoms with Crippen molar-refractivity contribution in [2.75, 3.05) is 39.6 Å². The van der Waals surface area contributed by atoms with Gasteiger partial charge in [-0.2, -0.15) is 0 Å². The van der Waals surface area contributed by atoms with Crippen LogP contribution >= 0.6 is 0 Å². The molecule has 2 saturated heterocycles. The van der Waals surface area contributed by atoms with Crippen molar-refractivity contribution in [2.45, 2.75) is 32.1 Å². The Balaban J connectivity index is 0.000000171. The highest BCUT2D eigenvalue weighted by molar-refractivity contribution is 4.62. The van der Waals surface area contributed by atoms with E-state index in [0.717, 1.165) is 64.4 Å². The van der Waals surface area contributed by atoms with Gasteiger partial charge in [0.25, 0.3) is 0 Å². The third-order valence-corrected chi connectivity index (χ3v) is 3.48. The second kappa shape index (κ2) is 9.83. The first-order chi connectivity index (χ1) is 8.36. The molecule has 0 spiro atoms. The van der Waals surface area contributed by atoms with Crippen LogP contribution in [0.5, 0.6) is 0 Å². The SMILES string of the molecule is OCC1CCOCC1.OCCC1CCOCC1. The molecule has 0 amide bonds. The predicted octanol–water partition coefficient (Wildman–Crippen LogP) is 1.20. The average Bonchev–Trinajstić information content (AvgIpc) is 2.42. The smallest absolute Gasteiger partial charge is 0.0469 e. The van der Waals surface area contributed by atoms with Gasteiger partial charge >= 0.3 is 0 Å². The van der Waals surface area contributed by atoms with Gasteiger partial charge in [-0.3, -0.25) is 0 Å². The van der Waals surface area contributed by atoms with Crippen LogP contribution in [0.15, 0.2) is 0 Å². The molecule has 0 aliphatic carbocycles. The molecule has 4 nitrogen and oxygen atoms in total. The summed E-state index contributed by atoms with van der Waals surface area (Å²) in [5.41, 5.74) is 0. The van der Waals surface area contributed by atoms with Crippen LogP contribution in [0.1, 0.15) is 32.1 Å². The zero-order valence-electron chi connectivity index (χ0n) is 10.6. The minimum absolute atomic E-state index is 0.337. The Morgan fingerprint density at radius 1 is 0.765 bits per heavy atom. The van der Waals surface area contributed by atoms with Gasteiger partial charge in [-0.05, 0) is 43.9 Å². The number of aliphatic hydroxyl groups is 2. The van der Waals surface area contributed by atoms with Crippen LogP contribution in [0.4, 0.5) is 0 Å². The van der Waals surface area contributed by atoms with E-state index in [1.54, 1.807) is 0 Å². The zero-order valence-corrected chi connectivity index (χ0v) is 10.6. The lowest BCUT2D eigenvalue weighted by atomic mass is 9.97. The van der Waals surface area contributed by atoms with Gasteiger partial charge in [0.1, 0.15) is 0 Å². The van der Waals surface area contributed by atoms with Gasteiger partial charge in [-0.15, -0.1) is 0 Å². The number of aliphatic hydroxyl groups excluding tert-OH is 2. The highest BCUT2D eigenvalue weighted by atomic mass is 16.5. The van der Waals surface area contributed by atoms with E-state index in [-0.39, 0.29) is 0 Å². The molecular formula is C13H26O4. The van der Waals surface area contributed by atoms with Gasteiger partial charge in [0, 0.05) is 39.6 Å². The average molecular weight is 246 g/mol. The van der Waals surface area contributed by atoms with Crippen molar-refractivity contribution >= 4 is 0 Å². The Morgan fingerprint density at radius 3 is 1.59 bits per heavy atom. The van der Waals surface area contributed by atoms with Crippen molar-refractivity contribution in [3.63, 3.8) is 0 Å². The molecule has 102 valence electrons. The van der Waals surface area contributed by atoms with Gasteiger partial charge in [-0.25, -0.2) is 0 Å². The molecule has 17 heavy (non-hydrogen) atoms.